The van der Waals surface area contributed by atoms with Crippen molar-refractivity contribution >= 4 is 5.91 Å². The van der Waals surface area contributed by atoms with Gasteiger partial charge in [-0.1, -0.05) is 13.8 Å². The first kappa shape index (κ1) is 17.9. The third kappa shape index (κ3) is 4.78. The van der Waals surface area contributed by atoms with Gasteiger partial charge in [0.15, 0.2) is 0 Å². The van der Waals surface area contributed by atoms with Crippen molar-refractivity contribution in [1.29, 1.82) is 0 Å². The summed E-state index contributed by atoms with van der Waals surface area (Å²) in [5.41, 5.74) is 3.31. The Hall–Kier alpha value is -1.40. The molecule has 0 aliphatic carbocycles. The highest BCUT2D eigenvalue weighted by atomic mass is 16.5. The Balaban J connectivity index is 1.86. The molecule has 0 aromatic carbocycles. The van der Waals surface area contributed by atoms with E-state index in [2.05, 4.69) is 29.2 Å². The Kier molecular flexibility index (Phi) is 6.59. The van der Waals surface area contributed by atoms with E-state index in [9.17, 15) is 4.79 Å². The predicted molar refractivity (Wildman–Crippen MR) is 90.3 cm³/mol. The molecule has 1 N–H and O–H groups in total. The van der Waals surface area contributed by atoms with E-state index in [-0.39, 0.29) is 11.8 Å². The van der Waals surface area contributed by atoms with Crippen molar-refractivity contribution in [1.82, 2.24) is 20.0 Å². The van der Waals surface area contributed by atoms with Gasteiger partial charge in [0.25, 0.3) is 0 Å². The molecule has 23 heavy (non-hydrogen) atoms. The van der Waals surface area contributed by atoms with Gasteiger partial charge < -0.3 is 10.1 Å². The molecule has 0 saturated carbocycles. The number of nitrogens with one attached hydrogen (secondary N) is 1. The van der Waals surface area contributed by atoms with Crippen molar-refractivity contribution in [3.8, 4) is 0 Å². The van der Waals surface area contributed by atoms with Crippen molar-refractivity contribution in [2.75, 3.05) is 32.8 Å². The molecule has 1 unspecified atom stereocenters. The SMILES string of the molecule is CCCn1nc(C)c(CNC(=O)C(C)CN2CCOCC2)c1C. The lowest BCUT2D eigenvalue weighted by molar-refractivity contribution is -0.125. The van der Waals surface area contributed by atoms with Crippen LogP contribution in [0.2, 0.25) is 0 Å². The van der Waals surface area contributed by atoms with Crippen LogP contribution in [-0.2, 0) is 22.6 Å². The molecule has 1 fully saturated rings. The van der Waals surface area contributed by atoms with Crippen LogP contribution in [0, 0.1) is 19.8 Å². The largest absolute Gasteiger partial charge is 0.379 e. The third-order valence-corrected chi connectivity index (χ3v) is 4.49. The van der Waals surface area contributed by atoms with Gasteiger partial charge in [0.05, 0.1) is 18.9 Å². The molecule has 130 valence electrons. The fourth-order valence-corrected chi connectivity index (χ4v) is 3.02. The highest BCUT2D eigenvalue weighted by molar-refractivity contribution is 5.78. The van der Waals surface area contributed by atoms with Crippen LogP contribution in [0.1, 0.15) is 37.2 Å². The van der Waals surface area contributed by atoms with Gasteiger partial charge >= 0.3 is 0 Å². The molecule has 1 aliphatic heterocycles. The molecule has 0 bridgehead atoms. The third-order valence-electron chi connectivity index (χ3n) is 4.49. The summed E-state index contributed by atoms with van der Waals surface area (Å²) in [7, 11) is 0. The van der Waals surface area contributed by atoms with Crippen LogP contribution in [-0.4, -0.2) is 53.4 Å². The van der Waals surface area contributed by atoms with Crippen LogP contribution in [0.15, 0.2) is 0 Å². The van der Waals surface area contributed by atoms with Gasteiger partial charge in [0, 0.05) is 49.9 Å². The summed E-state index contributed by atoms with van der Waals surface area (Å²) in [6, 6.07) is 0. The molecule has 1 aromatic heterocycles. The Bertz CT molecular complexity index is 521. The molecule has 6 nitrogen and oxygen atoms in total. The number of nitrogens with zero attached hydrogens (tertiary/aromatic N) is 3. The lowest BCUT2D eigenvalue weighted by Gasteiger charge is -2.28. The summed E-state index contributed by atoms with van der Waals surface area (Å²) in [6.45, 7) is 13.9. The monoisotopic (exact) mass is 322 g/mol. The van der Waals surface area contributed by atoms with E-state index in [1.165, 1.54) is 0 Å². The smallest absolute Gasteiger partial charge is 0.224 e. The maximum Gasteiger partial charge on any atom is 0.224 e. The zero-order valence-electron chi connectivity index (χ0n) is 14.9. The van der Waals surface area contributed by atoms with E-state index in [1.807, 2.05) is 18.5 Å². The minimum absolute atomic E-state index is 0.0144. The molecule has 1 aliphatic rings. The second-order valence-corrected chi connectivity index (χ2v) is 6.40. The number of amides is 1. The van der Waals surface area contributed by atoms with Crippen molar-refractivity contribution in [3.63, 3.8) is 0 Å². The first-order chi connectivity index (χ1) is 11.0. The molecule has 1 atom stereocenters. The summed E-state index contributed by atoms with van der Waals surface area (Å²) in [6.07, 6.45) is 1.06. The van der Waals surface area contributed by atoms with Crippen molar-refractivity contribution in [2.45, 2.75) is 47.2 Å². The number of rotatable bonds is 7. The number of morpholine rings is 1. The molecule has 0 radical (unpaired) electrons. The maximum absolute atomic E-state index is 12.3. The van der Waals surface area contributed by atoms with Crippen LogP contribution in [0.3, 0.4) is 0 Å². The zero-order valence-corrected chi connectivity index (χ0v) is 14.9. The molecular weight excluding hydrogens is 292 g/mol. The molecule has 1 saturated heterocycles. The van der Waals surface area contributed by atoms with Gasteiger partial charge in [-0.3, -0.25) is 14.4 Å². The van der Waals surface area contributed by atoms with Gasteiger partial charge in [0.1, 0.15) is 0 Å². The minimum Gasteiger partial charge on any atom is -0.379 e. The van der Waals surface area contributed by atoms with E-state index in [0.29, 0.717) is 6.54 Å². The van der Waals surface area contributed by atoms with Crippen LogP contribution in [0.4, 0.5) is 0 Å². The lowest BCUT2D eigenvalue weighted by Crippen LogP contribution is -2.42. The van der Waals surface area contributed by atoms with Gasteiger partial charge in [0.2, 0.25) is 5.91 Å². The summed E-state index contributed by atoms with van der Waals surface area (Å²) in [4.78, 5) is 14.6. The minimum atomic E-state index is -0.0144. The lowest BCUT2D eigenvalue weighted by atomic mass is 10.1. The predicted octanol–water partition coefficient (Wildman–Crippen LogP) is 1.49. The quantitative estimate of drug-likeness (QED) is 0.826. The van der Waals surface area contributed by atoms with Crippen molar-refractivity contribution in [2.24, 2.45) is 5.92 Å². The van der Waals surface area contributed by atoms with Crippen molar-refractivity contribution < 1.29 is 9.53 Å². The number of hydrogen-bond donors (Lipinski definition) is 1. The summed E-state index contributed by atoms with van der Waals surface area (Å²) in [5.74, 6) is 0.0953. The van der Waals surface area contributed by atoms with Gasteiger partial charge in [-0.25, -0.2) is 0 Å². The number of aromatic nitrogens is 2. The van der Waals surface area contributed by atoms with Gasteiger partial charge in [-0.05, 0) is 20.3 Å². The van der Waals surface area contributed by atoms with E-state index in [1.54, 1.807) is 0 Å². The number of aryl methyl sites for hydroxylation is 2. The molecule has 2 rings (SSSR count). The highest BCUT2D eigenvalue weighted by Crippen LogP contribution is 2.13. The number of carbonyl (C=O) groups is 1. The van der Waals surface area contributed by atoms with E-state index in [0.717, 1.165) is 62.8 Å². The van der Waals surface area contributed by atoms with Gasteiger partial charge in [-0.15, -0.1) is 0 Å². The highest BCUT2D eigenvalue weighted by Gasteiger charge is 2.19. The number of hydrogen-bond acceptors (Lipinski definition) is 4. The van der Waals surface area contributed by atoms with E-state index < -0.39 is 0 Å². The first-order valence-corrected chi connectivity index (χ1v) is 8.63. The zero-order chi connectivity index (χ0) is 16.8. The Morgan fingerprint density at radius 1 is 1.35 bits per heavy atom. The van der Waals surface area contributed by atoms with Crippen molar-refractivity contribution in [3.05, 3.63) is 17.0 Å². The second-order valence-electron chi connectivity index (χ2n) is 6.40. The van der Waals surface area contributed by atoms with Crippen LogP contribution < -0.4 is 5.32 Å². The molecule has 6 heteroatoms. The fourth-order valence-electron chi connectivity index (χ4n) is 3.02. The summed E-state index contributed by atoms with van der Waals surface area (Å²) < 4.78 is 7.38. The molecular formula is C17H30N4O2. The Labute approximate surface area is 139 Å². The molecule has 1 amide bonds. The average molecular weight is 322 g/mol. The standard InChI is InChI=1S/C17H30N4O2/c1-5-6-21-15(4)16(14(3)19-21)11-18-17(22)13(2)12-20-7-9-23-10-8-20/h13H,5-12H2,1-4H3,(H,18,22). The van der Waals surface area contributed by atoms with Crippen LogP contribution in [0.25, 0.3) is 0 Å². The van der Waals surface area contributed by atoms with Crippen LogP contribution in [0.5, 0.6) is 0 Å². The number of carbonyl (C=O) groups excluding carboxylic acids is 1. The molecule has 1 aromatic rings. The summed E-state index contributed by atoms with van der Waals surface area (Å²) in [5, 5.41) is 7.63. The molecule has 2 heterocycles. The normalized spacial score (nSPS) is 17.2. The Morgan fingerprint density at radius 3 is 2.70 bits per heavy atom. The maximum atomic E-state index is 12.3. The molecule has 0 spiro atoms. The number of ether oxygens (including phenoxy) is 1. The topological polar surface area (TPSA) is 59.4 Å². The van der Waals surface area contributed by atoms with E-state index >= 15 is 0 Å². The fraction of sp³-hybridized carbons (Fsp3) is 0.765. The first-order valence-electron chi connectivity index (χ1n) is 8.63. The van der Waals surface area contributed by atoms with E-state index in [4.69, 9.17) is 4.74 Å². The average Bonchev–Trinajstić information content (AvgIpc) is 2.80. The van der Waals surface area contributed by atoms with Crippen LogP contribution >= 0.6 is 0 Å². The second kappa shape index (κ2) is 8.45. The summed E-state index contributed by atoms with van der Waals surface area (Å²) >= 11 is 0. The van der Waals surface area contributed by atoms with Gasteiger partial charge in [-0.2, -0.15) is 5.10 Å². The Morgan fingerprint density at radius 2 is 2.04 bits per heavy atom.